The van der Waals surface area contributed by atoms with Gasteiger partial charge in [0.2, 0.25) is 0 Å². The fourth-order valence-corrected chi connectivity index (χ4v) is 1.62. The molecule has 0 saturated carbocycles. The van der Waals surface area contributed by atoms with Gasteiger partial charge in [0, 0.05) is 17.7 Å². The number of nitrogens with one attached hydrogen (secondary N) is 1. The van der Waals surface area contributed by atoms with Crippen molar-refractivity contribution in [1.82, 2.24) is 10.2 Å². The van der Waals surface area contributed by atoms with Crippen LogP contribution in [-0.4, -0.2) is 16.8 Å². The number of hydrogen-bond donors (Lipinski definition) is 2. The van der Waals surface area contributed by atoms with Crippen LogP contribution in [0.25, 0.3) is 11.3 Å². The Kier molecular flexibility index (Phi) is 3.22. The van der Waals surface area contributed by atoms with Crippen molar-refractivity contribution in [3.63, 3.8) is 0 Å². The molecule has 0 unspecified atom stereocenters. The third-order valence-electron chi connectivity index (χ3n) is 2.37. The average molecular weight is 217 g/mol. The van der Waals surface area contributed by atoms with Gasteiger partial charge in [-0.2, -0.15) is 5.10 Å². The quantitative estimate of drug-likeness (QED) is 0.822. The third kappa shape index (κ3) is 2.06. The molecule has 0 atom stereocenters. The Labute approximate surface area is 94.4 Å². The summed E-state index contributed by atoms with van der Waals surface area (Å²) in [5.41, 5.74) is 8.65. The largest absolute Gasteiger partial charge is 0.494 e. The molecular formula is C12H15N3O. The van der Waals surface area contributed by atoms with Crippen LogP contribution in [-0.2, 0) is 6.54 Å². The highest BCUT2D eigenvalue weighted by molar-refractivity contribution is 5.64. The number of nitrogens with two attached hydrogens (primary N) is 1. The molecule has 84 valence electrons. The van der Waals surface area contributed by atoms with Crippen LogP contribution in [0.2, 0.25) is 0 Å². The monoisotopic (exact) mass is 217 g/mol. The predicted octanol–water partition coefficient (Wildman–Crippen LogP) is 1.93. The zero-order valence-corrected chi connectivity index (χ0v) is 9.23. The van der Waals surface area contributed by atoms with Crippen LogP contribution < -0.4 is 10.5 Å². The van der Waals surface area contributed by atoms with Gasteiger partial charge >= 0.3 is 0 Å². The predicted molar refractivity (Wildman–Crippen MR) is 63.1 cm³/mol. The van der Waals surface area contributed by atoms with Gasteiger partial charge in [-0.05, 0) is 19.1 Å². The summed E-state index contributed by atoms with van der Waals surface area (Å²) < 4.78 is 5.45. The van der Waals surface area contributed by atoms with Gasteiger partial charge in [0.25, 0.3) is 0 Å². The van der Waals surface area contributed by atoms with Crippen LogP contribution in [0.5, 0.6) is 5.75 Å². The molecule has 16 heavy (non-hydrogen) atoms. The second kappa shape index (κ2) is 4.81. The fraction of sp³-hybridized carbons (Fsp3) is 0.250. The molecular weight excluding hydrogens is 202 g/mol. The van der Waals surface area contributed by atoms with Crippen molar-refractivity contribution < 1.29 is 4.74 Å². The number of aromatic nitrogens is 2. The van der Waals surface area contributed by atoms with Crippen LogP contribution in [0.3, 0.4) is 0 Å². The van der Waals surface area contributed by atoms with Gasteiger partial charge in [0.05, 0.1) is 18.5 Å². The van der Waals surface area contributed by atoms with E-state index in [0.717, 1.165) is 22.6 Å². The molecule has 0 spiro atoms. The maximum absolute atomic E-state index is 5.64. The SMILES string of the molecule is CCOc1cccc(-c2[nH]ncc2CN)c1. The van der Waals surface area contributed by atoms with Crippen molar-refractivity contribution in [2.75, 3.05) is 6.61 Å². The van der Waals surface area contributed by atoms with Crippen LogP contribution in [0.15, 0.2) is 30.5 Å². The number of ether oxygens (including phenoxy) is 1. The lowest BCUT2D eigenvalue weighted by Gasteiger charge is -2.05. The Hall–Kier alpha value is -1.81. The molecule has 0 bridgehead atoms. The van der Waals surface area contributed by atoms with Crippen LogP contribution >= 0.6 is 0 Å². The molecule has 0 aliphatic rings. The van der Waals surface area contributed by atoms with Crippen molar-refractivity contribution in [2.45, 2.75) is 13.5 Å². The van der Waals surface area contributed by atoms with Gasteiger partial charge in [0.1, 0.15) is 5.75 Å². The lowest BCUT2D eigenvalue weighted by molar-refractivity contribution is 0.340. The molecule has 0 saturated heterocycles. The zero-order valence-electron chi connectivity index (χ0n) is 9.23. The Morgan fingerprint density at radius 3 is 3.06 bits per heavy atom. The molecule has 2 aromatic rings. The minimum absolute atomic E-state index is 0.477. The number of benzene rings is 1. The summed E-state index contributed by atoms with van der Waals surface area (Å²) in [7, 11) is 0. The summed E-state index contributed by atoms with van der Waals surface area (Å²) in [5.74, 6) is 0.859. The Morgan fingerprint density at radius 1 is 1.44 bits per heavy atom. The molecule has 0 aliphatic heterocycles. The number of H-pyrrole nitrogens is 1. The zero-order chi connectivity index (χ0) is 11.4. The van der Waals surface area contributed by atoms with Gasteiger partial charge in [-0.25, -0.2) is 0 Å². The molecule has 1 heterocycles. The van der Waals surface area contributed by atoms with Crippen molar-refractivity contribution >= 4 is 0 Å². The number of nitrogens with zero attached hydrogens (tertiary/aromatic N) is 1. The first-order valence-corrected chi connectivity index (χ1v) is 5.30. The molecule has 3 N–H and O–H groups in total. The van der Waals surface area contributed by atoms with Crippen LogP contribution in [0, 0.1) is 0 Å². The van der Waals surface area contributed by atoms with E-state index in [9.17, 15) is 0 Å². The van der Waals surface area contributed by atoms with Crippen molar-refractivity contribution in [1.29, 1.82) is 0 Å². The summed E-state index contributed by atoms with van der Waals surface area (Å²) in [4.78, 5) is 0. The maximum atomic E-state index is 5.64. The number of rotatable bonds is 4. The topological polar surface area (TPSA) is 63.9 Å². The van der Waals surface area contributed by atoms with Gasteiger partial charge in [-0.1, -0.05) is 12.1 Å². The van der Waals surface area contributed by atoms with Gasteiger partial charge in [-0.15, -0.1) is 0 Å². The van der Waals surface area contributed by atoms with Crippen LogP contribution in [0.4, 0.5) is 0 Å². The third-order valence-corrected chi connectivity index (χ3v) is 2.37. The van der Waals surface area contributed by atoms with Crippen LogP contribution in [0.1, 0.15) is 12.5 Å². The van der Waals surface area contributed by atoms with E-state index in [-0.39, 0.29) is 0 Å². The van der Waals surface area contributed by atoms with E-state index in [1.54, 1.807) is 6.20 Å². The second-order valence-corrected chi connectivity index (χ2v) is 3.44. The maximum Gasteiger partial charge on any atom is 0.119 e. The lowest BCUT2D eigenvalue weighted by Crippen LogP contribution is -1.97. The summed E-state index contributed by atoms with van der Waals surface area (Å²) in [5, 5.41) is 6.96. The normalized spacial score (nSPS) is 10.4. The van der Waals surface area contributed by atoms with Gasteiger partial charge < -0.3 is 10.5 Å². The van der Waals surface area contributed by atoms with Crippen molar-refractivity contribution in [3.05, 3.63) is 36.0 Å². The Balaban J connectivity index is 2.36. The Morgan fingerprint density at radius 2 is 2.31 bits per heavy atom. The van der Waals surface area contributed by atoms with E-state index in [4.69, 9.17) is 10.5 Å². The fourth-order valence-electron chi connectivity index (χ4n) is 1.62. The summed E-state index contributed by atoms with van der Waals surface area (Å²) in [6.07, 6.45) is 1.75. The number of aromatic amines is 1. The molecule has 4 heteroatoms. The molecule has 2 rings (SSSR count). The first-order chi connectivity index (χ1) is 7.85. The number of hydrogen-bond acceptors (Lipinski definition) is 3. The van der Waals surface area contributed by atoms with Gasteiger partial charge in [0.15, 0.2) is 0 Å². The smallest absolute Gasteiger partial charge is 0.119 e. The molecule has 1 aromatic heterocycles. The average Bonchev–Trinajstić information content (AvgIpc) is 2.78. The molecule has 0 radical (unpaired) electrons. The minimum atomic E-state index is 0.477. The molecule has 1 aromatic carbocycles. The standard InChI is InChI=1S/C12H15N3O/c1-2-16-11-5-3-4-9(6-11)12-10(7-13)8-14-15-12/h3-6,8H,2,7,13H2,1H3,(H,14,15). The van der Waals surface area contributed by atoms with Crippen molar-refractivity contribution in [3.8, 4) is 17.0 Å². The molecule has 0 amide bonds. The molecule has 0 fully saturated rings. The van der Waals surface area contributed by atoms with E-state index < -0.39 is 0 Å². The highest BCUT2D eigenvalue weighted by atomic mass is 16.5. The minimum Gasteiger partial charge on any atom is -0.494 e. The van der Waals surface area contributed by atoms with Gasteiger partial charge in [-0.3, -0.25) is 5.10 Å². The molecule has 0 aliphatic carbocycles. The van der Waals surface area contributed by atoms with E-state index in [0.29, 0.717) is 13.2 Å². The Bertz CT molecular complexity index is 465. The first kappa shape index (κ1) is 10.7. The summed E-state index contributed by atoms with van der Waals surface area (Å²) >= 11 is 0. The lowest BCUT2D eigenvalue weighted by atomic mass is 10.1. The second-order valence-electron chi connectivity index (χ2n) is 3.44. The highest BCUT2D eigenvalue weighted by Crippen LogP contribution is 2.24. The van der Waals surface area contributed by atoms with E-state index in [1.165, 1.54) is 0 Å². The summed E-state index contributed by atoms with van der Waals surface area (Å²) in [6.45, 7) is 3.11. The highest BCUT2D eigenvalue weighted by Gasteiger charge is 2.06. The first-order valence-electron chi connectivity index (χ1n) is 5.30. The molecule has 4 nitrogen and oxygen atoms in total. The van der Waals surface area contributed by atoms with E-state index in [1.807, 2.05) is 31.2 Å². The van der Waals surface area contributed by atoms with E-state index in [2.05, 4.69) is 10.2 Å². The van der Waals surface area contributed by atoms with Crippen molar-refractivity contribution in [2.24, 2.45) is 5.73 Å². The summed E-state index contributed by atoms with van der Waals surface area (Å²) in [6, 6.07) is 7.89. The van der Waals surface area contributed by atoms with E-state index >= 15 is 0 Å².